The van der Waals surface area contributed by atoms with E-state index in [-0.39, 0.29) is 11.9 Å². The molecule has 0 saturated heterocycles. The zero-order chi connectivity index (χ0) is 13.0. The van der Waals surface area contributed by atoms with Gasteiger partial charge in [-0.15, -0.1) is 0 Å². The number of aryl methyl sites for hydroxylation is 1. The molecule has 0 bridgehead atoms. The lowest BCUT2D eigenvalue weighted by Gasteiger charge is -2.17. The molecule has 1 nitrogen and oxygen atoms in total. The van der Waals surface area contributed by atoms with Crippen LogP contribution in [0.15, 0.2) is 48.5 Å². The van der Waals surface area contributed by atoms with Crippen molar-refractivity contribution in [1.29, 1.82) is 0 Å². The van der Waals surface area contributed by atoms with E-state index in [4.69, 9.17) is 0 Å². The quantitative estimate of drug-likeness (QED) is 0.864. The fourth-order valence-corrected chi connectivity index (χ4v) is 2.13. The standard InChI is InChI=1S/C16H18FN/c1-12-4-3-5-14(10-12)16(18-2)11-13-6-8-15(17)9-7-13/h3-10,16,18H,11H2,1-2H3. The molecule has 1 atom stereocenters. The van der Waals surface area contributed by atoms with Crippen molar-refractivity contribution in [2.45, 2.75) is 19.4 Å². The van der Waals surface area contributed by atoms with E-state index in [0.29, 0.717) is 0 Å². The maximum Gasteiger partial charge on any atom is 0.123 e. The molecule has 0 aliphatic carbocycles. The molecule has 0 amide bonds. The molecule has 0 spiro atoms. The van der Waals surface area contributed by atoms with E-state index in [1.54, 1.807) is 0 Å². The second-order valence-electron chi connectivity index (χ2n) is 4.59. The van der Waals surface area contributed by atoms with Gasteiger partial charge in [-0.3, -0.25) is 0 Å². The Kier molecular flexibility index (Phi) is 4.11. The van der Waals surface area contributed by atoms with Crippen LogP contribution in [0.1, 0.15) is 22.7 Å². The molecule has 2 aromatic rings. The van der Waals surface area contributed by atoms with Gasteiger partial charge in [-0.05, 0) is 43.7 Å². The third-order valence-electron chi connectivity index (χ3n) is 3.15. The summed E-state index contributed by atoms with van der Waals surface area (Å²) in [7, 11) is 1.95. The van der Waals surface area contributed by atoms with Gasteiger partial charge < -0.3 is 5.32 Å². The average Bonchev–Trinajstić information content (AvgIpc) is 2.38. The largest absolute Gasteiger partial charge is 0.313 e. The summed E-state index contributed by atoms with van der Waals surface area (Å²) in [6.07, 6.45) is 0.861. The summed E-state index contributed by atoms with van der Waals surface area (Å²) in [6, 6.07) is 15.4. The van der Waals surface area contributed by atoms with Crippen LogP contribution in [0.2, 0.25) is 0 Å². The van der Waals surface area contributed by atoms with Gasteiger partial charge >= 0.3 is 0 Å². The molecule has 1 N–H and O–H groups in total. The summed E-state index contributed by atoms with van der Waals surface area (Å²) in [5, 5.41) is 3.31. The van der Waals surface area contributed by atoms with Gasteiger partial charge in [-0.1, -0.05) is 42.0 Å². The van der Waals surface area contributed by atoms with E-state index in [9.17, 15) is 4.39 Å². The number of halogens is 1. The van der Waals surface area contributed by atoms with Crippen LogP contribution in [0.3, 0.4) is 0 Å². The van der Waals surface area contributed by atoms with Crippen LogP contribution in [-0.2, 0) is 6.42 Å². The van der Waals surface area contributed by atoms with Gasteiger partial charge in [0, 0.05) is 6.04 Å². The number of rotatable bonds is 4. The average molecular weight is 243 g/mol. The molecule has 2 heteroatoms. The molecule has 0 aliphatic rings. The first kappa shape index (κ1) is 12.8. The summed E-state index contributed by atoms with van der Waals surface area (Å²) in [5.74, 6) is -0.185. The molecule has 18 heavy (non-hydrogen) atoms. The maximum absolute atomic E-state index is 12.9. The molecule has 2 aromatic carbocycles. The van der Waals surface area contributed by atoms with Crippen molar-refractivity contribution in [3.63, 3.8) is 0 Å². The Morgan fingerprint density at radius 2 is 1.83 bits per heavy atom. The first-order chi connectivity index (χ1) is 8.69. The van der Waals surface area contributed by atoms with Gasteiger partial charge in [0.25, 0.3) is 0 Å². The van der Waals surface area contributed by atoms with E-state index in [1.807, 2.05) is 19.2 Å². The third kappa shape index (κ3) is 3.17. The van der Waals surface area contributed by atoms with Crippen LogP contribution >= 0.6 is 0 Å². The van der Waals surface area contributed by atoms with E-state index < -0.39 is 0 Å². The normalized spacial score (nSPS) is 12.4. The molecule has 1 unspecified atom stereocenters. The number of benzene rings is 2. The van der Waals surface area contributed by atoms with Crippen molar-refractivity contribution in [1.82, 2.24) is 5.32 Å². The highest BCUT2D eigenvalue weighted by atomic mass is 19.1. The zero-order valence-electron chi connectivity index (χ0n) is 10.8. The molecule has 0 fully saturated rings. The van der Waals surface area contributed by atoms with Crippen LogP contribution in [0.4, 0.5) is 4.39 Å². The minimum atomic E-state index is -0.185. The molecule has 0 heterocycles. The summed E-state index contributed by atoms with van der Waals surface area (Å²) in [4.78, 5) is 0. The Morgan fingerprint density at radius 3 is 2.44 bits per heavy atom. The van der Waals surface area contributed by atoms with E-state index >= 15 is 0 Å². The van der Waals surface area contributed by atoms with Gasteiger partial charge in [0.1, 0.15) is 5.82 Å². The first-order valence-electron chi connectivity index (χ1n) is 6.17. The monoisotopic (exact) mass is 243 g/mol. The molecular weight excluding hydrogens is 225 g/mol. The van der Waals surface area contributed by atoms with Crippen molar-refractivity contribution in [3.05, 3.63) is 71.0 Å². The summed E-state index contributed by atoms with van der Waals surface area (Å²) < 4.78 is 12.9. The zero-order valence-corrected chi connectivity index (χ0v) is 10.8. The molecule has 0 aromatic heterocycles. The first-order valence-corrected chi connectivity index (χ1v) is 6.17. The number of likely N-dealkylation sites (N-methyl/N-ethyl adjacent to an activating group) is 1. The molecule has 0 radical (unpaired) electrons. The minimum Gasteiger partial charge on any atom is -0.313 e. The Bertz CT molecular complexity index is 505. The number of hydrogen-bond donors (Lipinski definition) is 1. The predicted octanol–water partition coefficient (Wildman–Crippen LogP) is 3.64. The highest BCUT2D eigenvalue weighted by Crippen LogP contribution is 2.19. The van der Waals surface area contributed by atoms with E-state index in [0.717, 1.165) is 12.0 Å². The molecule has 0 aliphatic heterocycles. The summed E-state index contributed by atoms with van der Waals surface area (Å²) >= 11 is 0. The Labute approximate surface area is 108 Å². The third-order valence-corrected chi connectivity index (χ3v) is 3.15. The highest BCUT2D eigenvalue weighted by Gasteiger charge is 2.10. The lowest BCUT2D eigenvalue weighted by atomic mass is 9.98. The number of nitrogens with one attached hydrogen (secondary N) is 1. The van der Waals surface area contributed by atoms with Gasteiger partial charge in [0.15, 0.2) is 0 Å². The second-order valence-corrected chi connectivity index (χ2v) is 4.59. The lowest BCUT2D eigenvalue weighted by molar-refractivity contribution is 0.588. The number of hydrogen-bond acceptors (Lipinski definition) is 1. The van der Waals surface area contributed by atoms with Crippen molar-refractivity contribution in [2.24, 2.45) is 0 Å². The molecule has 94 valence electrons. The van der Waals surface area contributed by atoms with Gasteiger partial charge in [0.05, 0.1) is 0 Å². The summed E-state index contributed by atoms with van der Waals surface area (Å²) in [6.45, 7) is 2.09. The van der Waals surface area contributed by atoms with E-state index in [2.05, 4.69) is 36.5 Å². The lowest BCUT2D eigenvalue weighted by Crippen LogP contribution is -2.18. The molecular formula is C16H18FN. The van der Waals surface area contributed by atoms with Crippen LogP contribution < -0.4 is 5.32 Å². The van der Waals surface area contributed by atoms with Gasteiger partial charge in [-0.25, -0.2) is 4.39 Å². The predicted molar refractivity (Wildman–Crippen MR) is 73.1 cm³/mol. The maximum atomic E-state index is 12.9. The Morgan fingerprint density at radius 1 is 1.11 bits per heavy atom. The minimum absolute atomic E-state index is 0.185. The second kappa shape index (κ2) is 5.78. The molecule has 2 rings (SSSR count). The smallest absolute Gasteiger partial charge is 0.123 e. The van der Waals surface area contributed by atoms with Crippen molar-refractivity contribution in [2.75, 3.05) is 7.05 Å². The van der Waals surface area contributed by atoms with Crippen LogP contribution in [0.25, 0.3) is 0 Å². The topological polar surface area (TPSA) is 12.0 Å². The fourth-order valence-electron chi connectivity index (χ4n) is 2.13. The van der Waals surface area contributed by atoms with E-state index in [1.165, 1.54) is 23.3 Å². The van der Waals surface area contributed by atoms with Crippen LogP contribution in [0.5, 0.6) is 0 Å². The van der Waals surface area contributed by atoms with Crippen LogP contribution in [0, 0.1) is 12.7 Å². The van der Waals surface area contributed by atoms with Gasteiger partial charge in [-0.2, -0.15) is 0 Å². The van der Waals surface area contributed by atoms with Crippen LogP contribution in [-0.4, -0.2) is 7.05 Å². The van der Waals surface area contributed by atoms with Crippen molar-refractivity contribution in [3.8, 4) is 0 Å². The summed E-state index contributed by atoms with van der Waals surface area (Å²) in [5.41, 5.74) is 3.66. The van der Waals surface area contributed by atoms with Gasteiger partial charge in [0.2, 0.25) is 0 Å². The molecule has 0 saturated carbocycles. The SMILES string of the molecule is CNC(Cc1ccc(F)cc1)c1cccc(C)c1. The Hall–Kier alpha value is -1.67. The van der Waals surface area contributed by atoms with Crippen molar-refractivity contribution < 1.29 is 4.39 Å². The Balaban J connectivity index is 2.17. The fraction of sp³-hybridized carbons (Fsp3) is 0.250. The highest BCUT2D eigenvalue weighted by molar-refractivity contribution is 5.27. The van der Waals surface area contributed by atoms with Crippen molar-refractivity contribution >= 4 is 0 Å².